The molecule has 0 aliphatic carbocycles. The number of likely N-dealkylation sites (N-methyl/N-ethyl adjacent to an activating group) is 1. The van der Waals surface area contributed by atoms with Crippen LogP contribution in [-0.2, 0) is 4.79 Å². The summed E-state index contributed by atoms with van der Waals surface area (Å²) in [5.41, 5.74) is 2.28. The Labute approximate surface area is 101 Å². The van der Waals surface area contributed by atoms with Gasteiger partial charge in [-0.1, -0.05) is 24.3 Å². The molecule has 1 unspecified atom stereocenters. The van der Waals surface area contributed by atoms with Gasteiger partial charge in [0.05, 0.1) is 0 Å². The van der Waals surface area contributed by atoms with Gasteiger partial charge in [0, 0.05) is 12.6 Å². The second-order valence-electron chi connectivity index (χ2n) is 4.59. The Hall–Kier alpha value is -1.61. The third kappa shape index (κ3) is 3.17. The van der Waals surface area contributed by atoms with Crippen molar-refractivity contribution in [1.29, 1.82) is 0 Å². The zero-order valence-corrected chi connectivity index (χ0v) is 9.97. The molecule has 0 amide bonds. The van der Waals surface area contributed by atoms with Crippen molar-refractivity contribution in [1.82, 2.24) is 4.90 Å². The van der Waals surface area contributed by atoms with Gasteiger partial charge in [-0.05, 0) is 43.1 Å². The lowest BCUT2D eigenvalue weighted by Crippen LogP contribution is -2.13. The molecule has 1 N–H and O–H groups in total. The summed E-state index contributed by atoms with van der Waals surface area (Å²) < 4.78 is 0. The molecule has 17 heavy (non-hydrogen) atoms. The van der Waals surface area contributed by atoms with Gasteiger partial charge in [0.2, 0.25) is 0 Å². The first-order chi connectivity index (χ1) is 8.15. The molecule has 0 spiro atoms. The molecule has 3 heteroatoms. The van der Waals surface area contributed by atoms with Crippen molar-refractivity contribution in [3.63, 3.8) is 0 Å². The van der Waals surface area contributed by atoms with Crippen LogP contribution in [-0.4, -0.2) is 36.1 Å². The number of hydrogen-bond donors (Lipinski definition) is 1. The van der Waals surface area contributed by atoms with E-state index in [9.17, 15) is 4.79 Å². The molecule has 1 aromatic rings. The third-order valence-electron chi connectivity index (χ3n) is 3.22. The highest BCUT2D eigenvalue weighted by Gasteiger charge is 2.20. The summed E-state index contributed by atoms with van der Waals surface area (Å²) in [4.78, 5) is 12.7. The highest BCUT2D eigenvalue weighted by molar-refractivity contribution is 5.85. The number of hydrogen-bond acceptors (Lipinski definition) is 2. The molecule has 0 aromatic heterocycles. The van der Waals surface area contributed by atoms with Gasteiger partial charge in [0.15, 0.2) is 0 Å². The Morgan fingerprint density at radius 1 is 1.41 bits per heavy atom. The van der Waals surface area contributed by atoms with Crippen LogP contribution in [0.5, 0.6) is 0 Å². The van der Waals surface area contributed by atoms with E-state index in [4.69, 9.17) is 5.11 Å². The fraction of sp³-hybridized carbons (Fsp3) is 0.357. The van der Waals surface area contributed by atoms with Crippen LogP contribution < -0.4 is 0 Å². The minimum absolute atomic E-state index is 0.623. The van der Waals surface area contributed by atoms with E-state index in [0.29, 0.717) is 5.92 Å². The van der Waals surface area contributed by atoms with Gasteiger partial charge in [0.1, 0.15) is 0 Å². The number of aliphatic carboxylic acids is 1. The van der Waals surface area contributed by atoms with E-state index in [1.165, 1.54) is 18.1 Å². The van der Waals surface area contributed by atoms with Crippen molar-refractivity contribution in [3.05, 3.63) is 41.5 Å². The van der Waals surface area contributed by atoms with Gasteiger partial charge in [-0.25, -0.2) is 4.79 Å². The molecule has 0 bridgehead atoms. The van der Waals surface area contributed by atoms with E-state index in [1.54, 1.807) is 6.08 Å². The Balaban J connectivity index is 2.05. The first-order valence-corrected chi connectivity index (χ1v) is 5.84. The summed E-state index contributed by atoms with van der Waals surface area (Å²) >= 11 is 0. The monoisotopic (exact) mass is 231 g/mol. The summed E-state index contributed by atoms with van der Waals surface area (Å²) in [7, 11) is 2.14. The number of nitrogens with zero attached hydrogens (tertiary/aromatic N) is 1. The lowest BCUT2D eigenvalue weighted by molar-refractivity contribution is -0.131. The van der Waals surface area contributed by atoms with Crippen LogP contribution in [0.15, 0.2) is 30.3 Å². The van der Waals surface area contributed by atoms with Crippen molar-refractivity contribution in [2.45, 2.75) is 12.3 Å². The van der Waals surface area contributed by atoms with Crippen LogP contribution in [0.2, 0.25) is 0 Å². The second kappa shape index (κ2) is 5.15. The maximum absolute atomic E-state index is 10.4. The normalized spacial score (nSPS) is 21.1. The zero-order valence-electron chi connectivity index (χ0n) is 9.97. The van der Waals surface area contributed by atoms with E-state index in [2.05, 4.69) is 24.1 Å². The molecule has 0 saturated carbocycles. The molecule has 1 aromatic carbocycles. The first kappa shape index (κ1) is 11.9. The van der Waals surface area contributed by atoms with Crippen molar-refractivity contribution >= 4 is 12.0 Å². The summed E-state index contributed by atoms with van der Waals surface area (Å²) in [6, 6.07) is 8.16. The standard InChI is InChI=1S/C14H17NO2/c1-15-9-8-13(10-15)12-5-2-11(3-6-12)4-7-14(16)17/h2-7,13H,8-10H2,1H3,(H,16,17)/b7-4+. The number of likely N-dealkylation sites (tertiary alicyclic amines) is 1. The molecular formula is C14H17NO2. The quantitative estimate of drug-likeness (QED) is 0.811. The molecule has 90 valence electrons. The SMILES string of the molecule is CN1CCC(c2ccc(/C=C/C(=O)O)cc2)C1. The molecule has 3 nitrogen and oxygen atoms in total. The van der Waals surface area contributed by atoms with Crippen molar-refractivity contribution < 1.29 is 9.90 Å². The Morgan fingerprint density at radius 3 is 2.65 bits per heavy atom. The van der Waals surface area contributed by atoms with Crippen molar-refractivity contribution in [3.8, 4) is 0 Å². The van der Waals surface area contributed by atoms with Gasteiger partial charge >= 0.3 is 5.97 Å². The number of carboxylic acid groups (broad SMARTS) is 1. The smallest absolute Gasteiger partial charge is 0.328 e. The number of benzene rings is 1. The predicted octanol–water partition coefficient (Wildman–Crippen LogP) is 2.20. The van der Waals surface area contributed by atoms with E-state index in [1.807, 2.05) is 12.1 Å². The molecule has 1 saturated heterocycles. The molecule has 2 rings (SSSR count). The third-order valence-corrected chi connectivity index (χ3v) is 3.22. The van der Waals surface area contributed by atoms with E-state index in [-0.39, 0.29) is 0 Å². The van der Waals surface area contributed by atoms with Crippen LogP contribution >= 0.6 is 0 Å². The van der Waals surface area contributed by atoms with Gasteiger partial charge < -0.3 is 10.0 Å². The lowest BCUT2D eigenvalue weighted by atomic mass is 9.97. The zero-order chi connectivity index (χ0) is 12.3. The maximum Gasteiger partial charge on any atom is 0.328 e. The maximum atomic E-state index is 10.4. The molecular weight excluding hydrogens is 214 g/mol. The van der Waals surface area contributed by atoms with Gasteiger partial charge in [0.25, 0.3) is 0 Å². The van der Waals surface area contributed by atoms with Crippen LogP contribution in [0, 0.1) is 0 Å². The summed E-state index contributed by atoms with van der Waals surface area (Å²) in [5, 5.41) is 8.54. The fourth-order valence-corrected chi connectivity index (χ4v) is 2.25. The van der Waals surface area contributed by atoms with Crippen molar-refractivity contribution in [2.75, 3.05) is 20.1 Å². The lowest BCUT2D eigenvalue weighted by Gasteiger charge is -2.10. The van der Waals surface area contributed by atoms with Crippen molar-refractivity contribution in [2.24, 2.45) is 0 Å². The van der Waals surface area contributed by atoms with Crippen LogP contribution in [0.1, 0.15) is 23.5 Å². The van der Waals surface area contributed by atoms with Crippen LogP contribution in [0.3, 0.4) is 0 Å². The average molecular weight is 231 g/mol. The Bertz CT molecular complexity index is 422. The molecule has 1 aliphatic rings. The van der Waals surface area contributed by atoms with E-state index in [0.717, 1.165) is 18.7 Å². The molecule has 1 atom stereocenters. The van der Waals surface area contributed by atoms with Crippen LogP contribution in [0.25, 0.3) is 6.08 Å². The highest BCUT2D eigenvalue weighted by Crippen LogP contribution is 2.26. The summed E-state index contributed by atoms with van der Waals surface area (Å²) in [6.45, 7) is 2.27. The van der Waals surface area contributed by atoms with Gasteiger partial charge in [-0.2, -0.15) is 0 Å². The second-order valence-corrected chi connectivity index (χ2v) is 4.59. The highest BCUT2D eigenvalue weighted by atomic mass is 16.4. The minimum Gasteiger partial charge on any atom is -0.478 e. The molecule has 1 fully saturated rings. The molecule has 0 radical (unpaired) electrons. The largest absolute Gasteiger partial charge is 0.478 e. The molecule has 1 aliphatic heterocycles. The first-order valence-electron chi connectivity index (χ1n) is 5.84. The molecule has 1 heterocycles. The minimum atomic E-state index is -0.911. The predicted molar refractivity (Wildman–Crippen MR) is 68.0 cm³/mol. The van der Waals surface area contributed by atoms with E-state index >= 15 is 0 Å². The number of rotatable bonds is 3. The fourth-order valence-electron chi connectivity index (χ4n) is 2.25. The van der Waals surface area contributed by atoms with Gasteiger partial charge in [-0.3, -0.25) is 0 Å². The number of carboxylic acids is 1. The topological polar surface area (TPSA) is 40.5 Å². The van der Waals surface area contributed by atoms with Gasteiger partial charge in [-0.15, -0.1) is 0 Å². The summed E-state index contributed by atoms with van der Waals surface area (Å²) in [6.07, 6.45) is 3.99. The Morgan fingerprint density at radius 2 is 2.12 bits per heavy atom. The van der Waals surface area contributed by atoms with Crippen LogP contribution in [0.4, 0.5) is 0 Å². The number of carbonyl (C=O) groups is 1. The Kier molecular flexibility index (Phi) is 3.59. The summed E-state index contributed by atoms with van der Waals surface area (Å²) in [5.74, 6) is -0.288. The van der Waals surface area contributed by atoms with E-state index < -0.39 is 5.97 Å². The average Bonchev–Trinajstić information content (AvgIpc) is 2.74.